The Morgan fingerprint density at radius 3 is 2.41 bits per heavy atom. The van der Waals surface area contributed by atoms with Gasteiger partial charge >= 0.3 is 0 Å². The van der Waals surface area contributed by atoms with Gasteiger partial charge in [0, 0.05) is 24.1 Å². The van der Waals surface area contributed by atoms with Gasteiger partial charge in [0.1, 0.15) is 11.5 Å². The van der Waals surface area contributed by atoms with Gasteiger partial charge in [0.25, 0.3) is 0 Å². The maximum atomic E-state index is 11.3. The van der Waals surface area contributed by atoms with Gasteiger partial charge in [-0.1, -0.05) is 37.6 Å². The Morgan fingerprint density at radius 1 is 1.00 bits per heavy atom. The van der Waals surface area contributed by atoms with Crippen LogP contribution in [0.15, 0.2) is 42.5 Å². The Kier molecular flexibility index (Phi) is 9.16. The fourth-order valence-electron chi connectivity index (χ4n) is 2.77. The largest absolute Gasteiger partial charge is 0.493 e. The van der Waals surface area contributed by atoms with Gasteiger partial charge < -0.3 is 14.4 Å². The van der Waals surface area contributed by atoms with Crippen molar-refractivity contribution in [2.75, 3.05) is 32.8 Å². The van der Waals surface area contributed by atoms with Crippen molar-refractivity contribution in [2.24, 2.45) is 0 Å². The minimum absolute atomic E-state index is 0.544. The molecule has 0 fully saturated rings. The van der Waals surface area contributed by atoms with Crippen LogP contribution in [0.1, 0.15) is 36.2 Å². The molecule has 2 aromatic carbocycles. The van der Waals surface area contributed by atoms with Crippen molar-refractivity contribution in [1.29, 1.82) is 0 Å². The van der Waals surface area contributed by atoms with Crippen molar-refractivity contribution in [3.05, 3.63) is 58.6 Å². The first-order valence-corrected chi connectivity index (χ1v) is 9.85. The zero-order valence-corrected chi connectivity index (χ0v) is 16.9. The van der Waals surface area contributed by atoms with Crippen LogP contribution in [0.5, 0.6) is 11.5 Å². The third kappa shape index (κ3) is 7.24. The maximum absolute atomic E-state index is 11.3. The van der Waals surface area contributed by atoms with E-state index in [-0.39, 0.29) is 0 Å². The molecule has 0 N–H and O–H groups in total. The van der Waals surface area contributed by atoms with Gasteiger partial charge in [0.05, 0.1) is 18.8 Å². The van der Waals surface area contributed by atoms with Crippen molar-refractivity contribution in [3.8, 4) is 11.5 Å². The molecular weight excluding hydrogens is 362 g/mol. The van der Waals surface area contributed by atoms with Crippen molar-refractivity contribution < 1.29 is 14.3 Å². The predicted molar refractivity (Wildman–Crippen MR) is 110 cm³/mol. The van der Waals surface area contributed by atoms with E-state index in [1.165, 1.54) is 0 Å². The van der Waals surface area contributed by atoms with Crippen LogP contribution in [0, 0.1) is 0 Å². The molecule has 0 aliphatic carbocycles. The molecule has 0 aromatic heterocycles. The maximum Gasteiger partial charge on any atom is 0.153 e. The summed E-state index contributed by atoms with van der Waals surface area (Å²) >= 11 is 5.90. The van der Waals surface area contributed by atoms with Crippen LogP contribution in [-0.2, 0) is 6.42 Å². The molecule has 0 spiro atoms. The van der Waals surface area contributed by atoms with E-state index >= 15 is 0 Å². The Bertz CT molecular complexity index is 699. The Morgan fingerprint density at radius 2 is 1.74 bits per heavy atom. The molecule has 27 heavy (non-hydrogen) atoms. The number of hydrogen-bond donors (Lipinski definition) is 0. The average molecular weight is 390 g/mol. The third-order valence-corrected chi connectivity index (χ3v) is 4.71. The van der Waals surface area contributed by atoms with Crippen LogP contribution < -0.4 is 9.47 Å². The summed E-state index contributed by atoms with van der Waals surface area (Å²) in [5.41, 5.74) is 1.71. The summed E-state index contributed by atoms with van der Waals surface area (Å²) in [6.07, 6.45) is 2.52. The van der Waals surface area contributed by atoms with Crippen molar-refractivity contribution in [2.45, 2.75) is 26.7 Å². The fourth-order valence-corrected chi connectivity index (χ4v) is 2.90. The van der Waals surface area contributed by atoms with E-state index in [9.17, 15) is 4.79 Å². The molecule has 0 atom stereocenters. The molecule has 0 aliphatic heterocycles. The molecule has 0 radical (unpaired) electrons. The number of halogens is 1. The second-order valence-electron chi connectivity index (χ2n) is 6.27. The van der Waals surface area contributed by atoms with Crippen LogP contribution in [0.2, 0.25) is 5.02 Å². The first kappa shape index (κ1) is 21.3. The molecule has 4 nitrogen and oxygen atoms in total. The molecule has 0 heterocycles. The van der Waals surface area contributed by atoms with Crippen molar-refractivity contribution in [1.82, 2.24) is 4.90 Å². The zero-order valence-electron chi connectivity index (χ0n) is 16.1. The SMILES string of the molecule is CCN(CC)CCCOc1cc(OCCc2ccc(Cl)cc2)ccc1C=O. The molecule has 5 heteroatoms. The van der Waals surface area contributed by atoms with Crippen LogP contribution in [0.25, 0.3) is 0 Å². The standard InChI is InChI=1S/C22H28ClNO3/c1-3-24(4-2)13-5-14-27-22-16-21(11-8-19(22)17-25)26-15-12-18-6-9-20(23)10-7-18/h6-11,16-17H,3-5,12-15H2,1-2H3. The highest BCUT2D eigenvalue weighted by atomic mass is 35.5. The van der Waals surface area contributed by atoms with Gasteiger partial charge in [-0.3, -0.25) is 4.79 Å². The van der Waals surface area contributed by atoms with Crippen molar-refractivity contribution >= 4 is 17.9 Å². The second-order valence-corrected chi connectivity index (χ2v) is 6.71. The third-order valence-electron chi connectivity index (χ3n) is 4.46. The number of carbonyl (C=O) groups is 1. The minimum Gasteiger partial charge on any atom is -0.493 e. The number of carbonyl (C=O) groups excluding carboxylic acids is 1. The van der Waals surface area contributed by atoms with Gasteiger partial charge in [-0.2, -0.15) is 0 Å². The van der Waals surface area contributed by atoms with E-state index in [2.05, 4.69) is 18.7 Å². The fraction of sp³-hybridized carbons (Fsp3) is 0.409. The van der Waals surface area contributed by atoms with E-state index in [1.54, 1.807) is 18.2 Å². The van der Waals surface area contributed by atoms with Crippen LogP contribution in [0.4, 0.5) is 0 Å². The number of ether oxygens (including phenoxy) is 2. The molecule has 0 unspecified atom stereocenters. The summed E-state index contributed by atoms with van der Waals surface area (Å²) < 4.78 is 11.7. The molecule has 2 aromatic rings. The van der Waals surface area contributed by atoms with Crippen molar-refractivity contribution in [3.63, 3.8) is 0 Å². The molecule has 0 saturated heterocycles. The summed E-state index contributed by atoms with van der Waals surface area (Å²) in [7, 11) is 0. The topological polar surface area (TPSA) is 38.8 Å². The Balaban J connectivity index is 1.85. The van der Waals surface area contributed by atoms with E-state index in [0.29, 0.717) is 30.3 Å². The number of hydrogen-bond acceptors (Lipinski definition) is 4. The summed E-state index contributed by atoms with van der Waals surface area (Å²) in [5, 5.41) is 0.729. The molecule has 0 amide bonds. The Labute approximate surface area is 167 Å². The summed E-state index contributed by atoms with van der Waals surface area (Å²) in [6, 6.07) is 13.1. The van der Waals surface area contributed by atoms with Crippen LogP contribution in [0.3, 0.4) is 0 Å². The molecule has 0 bridgehead atoms. The van der Waals surface area contributed by atoms with Gasteiger partial charge in [0.15, 0.2) is 6.29 Å². The number of benzene rings is 2. The van der Waals surface area contributed by atoms with E-state index in [1.807, 2.05) is 24.3 Å². The highest BCUT2D eigenvalue weighted by molar-refractivity contribution is 6.30. The minimum atomic E-state index is 0.544. The number of nitrogens with zero attached hydrogens (tertiary/aromatic N) is 1. The lowest BCUT2D eigenvalue weighted by molar-refractivity contribution is 0.111. The summed E-state index contributed by atoms with van der Waals surface area (Å²) in [5.74, 6) is 1.28. The highest BCUT2D eigenvalue weighted by Gasteiger charge is 2.07. The molecule has 146 valence electrons. The molecular formula is C22H28ClNO3. The summed E-state index contributed by atoms with van der Waals surface area (Å²) in [6.45, 7) is 8.48. The van der Waals surface area contributed by atoms with E-state index in [0.717, 1.165) is 49.3 Å². The lowest BCUT2D eigenvalue weighted by atomic mass is 10.2. The quantitative estimate of drug-likeness (QED) is 0.383. The molecule has 2 rings (SSSR count). The van der Waals surface area contributed by atoms with Gasteiger partial charge in [0.2, 0.25) is 0 Å². The van der Waals surface area contributed by atoms with E-state index in [4.69, 9.17) is 21.1 Å². The first-order valence-electron chi connectivity index (χ1n) is 9.47. The van der Waals surface area contributed by atoms with Gasteiger partial charge in [-0.05, 0) is 49.3 Å². The monoisotopic (exact) mass is 389 g/mol. The molecule has 0 saturated carbocycles. The van der Waals surface area contributed by atoms with Gasteiger partial charge in [-0.15, -0.1) is 0 Å². The number of rotatable bonds is 12. The van der Waals surface area contributed by atoms with Gasteiger partial charge in [-0.25, -0.2) is 0 Å². The normalized spacial score (nSPS) is 10.8. The highest BCUT2D eigenvalue weighted by Crippen LogP contribution is 2.24. The lowest BCUT2D eigenvalue weighted by Gasteiger charge is -2.18. The van der Waals surface area contributed by atoms with E-state index < -0.39 is 0 Å². The molecule has 0 aliphatic rings. The Hall–Kier alpha value is -2.04. The van der Waals surface area contributed by atoms with Crippen LogP contribution >= 0.6 is 11.6 Å². The van der Waals surface area contributed by atoms with Crippen LogP contribution in [-0.4, -0.2) is 44.0 Å². The zero-order chi connectivity index (χ0) is 19.5. The smallest absolute Gasteiger partial charge is 0.153 e. The number of aldehydes is 1. The first-order chi connectivity index (χ1) is 13.2. The second kappa shape index (κ2) is 11.6. The predicted octanol–water partition coefficient (Wildman–Crippen LogP) is 4.88. The summed E-state index contributed by atoms with van der Waals surface area (Å²) in [4.78, 5) is 13.6. The lowest BCUT2D eigenvalue weighted by Crippen LogP contribution is -2.25. The average Bonchev–Trinajstić information content (AvgIpc) is 2.70.